The molecule has 5 heteroatoms. The summed E-state index contributed by atoms with van der Waals surface area (Å²) in [5.41, 5.74) is -0.0798. The molecule has 0 bridgehead atoms. The first-order valence-corrected chi connectivity index (χ1v) is 8.03. The molecule has 1 aliphatic rings. The van der Waals surface area contributed by atoms with Gasteiger partial charge in [0.15, 0.2) is 0 Å². The number of rotatable bonds is 3. The van der Waals surface area contributed by atoms with Gasteiger partial charge in [-0.15, -0.1) is 0 Å². The summed E-state index contributed by atoms with van der Waals surface area (Å²) in [6, 6.07) is 2.34. The number of hydrogen-bond donors (Lipinski definition) is 0. The van der Waals surface area contributed by atoms with Crippen molar-refractivity contribution in [2.45, 2.75) is 51.5 Å². The van der Waals surface area contributed by atoms with E-state index in [2.05, 4.69) is 58.6 Å². The molecule has 1 aliphatic heterocycles. The maximum Gasteiger partial charge on any atom is 0.217 e. The van der Waals surface area contributed by atoms with Crippen LogP contribution in [0.15, 0.2) is 10.7 Å². The second kappa shape index (κ2) is 6.39. The lowest BCUT2D eigenvalue weighted by Crippen LogP contribution is -2.40. The lowest BCUT2D eigenvalue weighted by atomic mass is 9.96. The van der Waals surface area contributed by atoms with Gasteiger partial charge in [0.05, 0.1) is 0 Å². The number of hydrogen-bond acceptors (Lipinski definition) is 4. The molecule has 1 fully saturated rings. The molecule has 20 heavy (non-hydrogen) atoms. The average molecular weight is 342 g/mol. The summed E-state index contributed by atoms with van der Waals surface area (Å²) in [7, 11) is 2.17. The molecule has 2 rings (SSSR count). The fourth-order valence-electron chi connectivity index (χ4n) is 2.34. The van der Waals surface area contributed by atoms with Crippen molar-refractivity contribution in [2.75, 3.05) is 20.2 Å². The molecule has 0 amide bonds. The Morgan fingerprint density at radius 1 is 1.35 bits per heavy atom. The van der Waals surface area contributed by atoms with E-state index in [0.717, 1.165) is 17.0 Å². The summed E-state index contributed by atoms with van der Waals surface area (Å²) < 4.78 is 6.69. The molecule has 1 atom stereocenters. The van der Waals surface area contributed by atoms with Crippen LogP contribution in [-0.4, -0.2) is 41.1 Å². The van der Waals surface area contributed by atoms with Gasteiger partial charge in [0.25, 0.3) is 0 Å². The lowest BCUT2D eigenvalue weighted by molar-refractivity contribution is 0.122. The van der Waals surface area contributed by atoms with Crippen molar-refractivity contribution in [1.29, 1.82) is 0 Å². The van der Waals surface area contributed by atoms with Gasteiger partial charge >= 0.3 is 0 Å². The Morgan fingerprint density at radius 2 is 2.10 bits per heavy atom. The highest BCUT2D eigenvalue weighted by Gasteiger charge is 2.21. The monoisotopic (exact) mass is 341 g/mol. The molecular formula is C15H24BrN3O. The van der Waals surface area contributed by atoms with Crippen molar-refractivity contribution >= 4 is 15.9 Å². The van der Waals surface area contributed by atoms with E-state index in [4.69, 9.17) is 4.74 Å². The molecule has 0 aromatic carbocycles. The van der Waals surface area contributed by atoms with Crippen molar-refractivity contribution < 1.29 is 4.74 Å². The summed E-state index contributed by atoms with van der Waals surface area (Å²) in [6.07, 6.45) is 3.79. The van der Waals surface area contributed by atoms with Crippen LogP contribution in [0.5, 0.6) is 5.88 Å². The maximum atomic E-state index is 5.91. The third-order valence-corrected chi connectivity index (χ3v) is 4.09. The first-order chi connectivity index (χ1) is 9.36. The molecule has 1 unspecified atom stereocenters. The molecule has 4 nitrogen and oxygen atoms in total. The number of nitrogens with zero attached hydrogens (tertiary/aromatic N) is 3. The van der Waals surface area contributed by atoms with Crippen LogP contribution in [0.25, 0.3) is 0 Å². The van der Waals surface area contributed by atoms with Crippen LogP contribution in [-0.2, 0) is 5.41 Å². The molecule has 0 aliphatic carbocycles. The minimum Gasteiger partial charge on any atom is -0.476 e. The van der Waals surface area contributed by atoms with Gasteiger partial charge in [-0.3, -0.25) is 0 Å². The minimum absolute atomic E-state index is 0.0798. The number of aromatic nitrogens is 2. The fourth-order valence-corrected chi connectivity index (χ4v) is 2.71. The number of likely N-dealkylation sites (tertiary alicyclic amines) is 1. The Hall–Kier alpha value is -0.680. The Kier molecular flexibility index (Phi) is 5.02. The first-order valence-electron chi connectivity index (χ1n) is 7.24. The molecule has 112 valence electrons. The summed E-state index contributed by atoms with van der Waals surface area (Å²) in [5, 5.41) is 0. The van der Waals surface area contributed by atoms with Crippen LogP contribution in [0.1, 0.15) is 45.9 Å². The molecule has 2 heterocycles. The third kappa shape index (κ3) is 4.16. The van der Waals surface area contributed by atoms with E-state index in [1.807, 2.05) is 6.07 Å². The van der Waals surface area contributed by atoms with Gasteiger partial charge in [-0.25, -0.2) is 4.98 Å². The van der Waals surface area contributed by atoms with Crippen LogP contribution >= 0.6 is 15.9 Å². The van der Waals surface area contributed by atoms with E-state index in [0.29, 0.717) is 18.5 Å². The molecule has 1 aromatic rings. The van der Waals surface area contributed by atoms with Gasteiger partial charge < -0.3 is 9.64 Å². The van der Waals surface area contributed by atoms with Crippen molar-refractivity contribution in [3.8, 4) is 5.88 Å². The average Bonchev–Trinajstić information content (AvgIpc) is 2.36. The standard InChI is InChI=1S/C15H24BrN3O/c1-15(2,3)14-17-12(16)9-13(18-14)20-10-11-7-5-6-8-19(11)4/h9,11H,5-8,10H2,1-4H3. The molecule has 0 spiro atoms. The van der Waals surface area contributed by atoms with Gasteiger partial charge in [0.2, 0.25) is 5.88 Å². The quantitative estimate of drug-likeness (QED) is 0.789. The maximum absolute atomic E-state index is 5.91. The van der Waals surface area contributed by atoms with Crippen molar-refractivity contribution in [2.24, 2.45) is 0 Å². The Balaban J connectivity index is 2.04. The molecule has 0 saturated carbocycles. The van der Waals surface area contributed by atoms with Crippen LogP contribution in [0.3, 0.4) is 0 Å². The van der Waals surface area contributed by atoms with Crippen molar-refractivity contribution in [3.05, 3.63) is 16.5 Å². The van der Waals surface area contributed by atoms with Gasteiger partial charge in [-0.1, -0.05) is 27.2 Å². The van der Waals surface area contributed by atoms with Crippen LogP contribution in [0.2, 0.25) is 0 Å². The summed E-state index contributed by atoms with van der Waals surface area (Å²) in [4.78, 5) is 11.3. The van der Waals surface area contributed by atoms with E-state index in [1.54, 1.807) is 0 Å². The number of likely N-dealkylation sites (N-methyl/N-ethyl adjacent to an activating group) is 1. The molecule has 1 aromatic heterocycles. The van der Waals surface area contributed by atoms with Gasteiger partial charge in [-0.05, 0) is 42.4 Å². The predicted octanol–water partition coefficient (Wildman–Crippen LogP) is 3.40. The van der Waals surface area contributed by atoms with E-state index in [-0.39, 0.29) is 5.41 Å². The topological polar surface area (TPSA) is 38.2 Å². The van der Waals surface area contributed by atoms with Crippen LogP contribution in [0, 0.1) is 0 Å². The highest BCUT2D eigenvalue weighted by Crippen LogP contribution is 2.24. The predicted molar refractivity (Wildman–Crippen MR) is 84.2 cm³/mol. The van der Waals surface area contributed by atoms with E-state index in [1.165, 1.54) is 19.3 Å². The summed E-state index contributed by atoms with van der Waals surface area (Å²) in [5.74, 6) is 1.47. The van der Waals surface area contributed by atoms with Gasteiger partial charge in [0.1, 0.15) is 17.0 Å². The zero-order valence-corrected chi connectivity index (χ0v) is 14.4. The Morgan fingerprint density at radius 3 is 2.75 bits per heavy atom. The molecule has 0 N–H and O–H groups in total. The highest BCUT2D eigenvalue weighted by atomic mass is 79.9. The highest BCUT2D eigenvalue weighted by molar-refractivity contribution is 9.10. The zero-order chi connectivity index (χ0) is 14.8. The third-order valence-electron chi connectivity index (χ3n) is 3.69. The largest absolute Gasteiger partial charge is 0.476 e. The molecule has 1 saturated heterocycles. The second-order valence-electron chi connectivity index (χ2n) is 6.54. The van der Waals surface area contributed by atoms with Crippen LogP contribution < -0.4 is 4.74 Å². The fraction of sp³-hybridized carbons (Fsp3) is 0.733. The van der Waals surface area contributed by atoms with Crippen molar-refractivity contribution in [3.63, 3.8) is 0 Å². The van der Waals surface area contributed by atoms with Crippen molar-refractivity contribution in [1.82, 2.24) is 14.9 Å². The van der Waals surface area contributed by atoms with Gasteiger partial charge in [0, 0.05) is 17.5 Å². The minimum atomic E-state index is -0.0798. The lowest BCUT2D eigenvalue weighted by Gasteiger charge is -2.32. The molecular weight excluding hydrogens is 318 g/mol. The number of ether oxygens (including phenoxy) is 1. The zero-order valence-electron chi connectivity index (χ0n) is 12.8. The summed E-state index contributed by atoms with van der Waals surface area (Å²) >= 11 is 3.44. The van der Waals surface area contributed by atoms with Crippen LogP contribution in [0.4, 0.5) is 0 Å². The van der Waals surface area contributed by atoms with Gasteiger partial charge in [-0.2, -0.15) is 4.98 Å². The summed E-state index contributed by atoms with van der Waals surface area (Å²) in [6.45, 7) is 8.17. The SMILES string of the molecule is CN1CCCCC1COc1cc(Br)nc(C(C)(C)C)n1. The normalized spacial score (nSPS) is 20.9. The van der Waals surface area contributed by atoms with E-state index < -0.39 is 0 Å². The van der Waals surface area contributed by atoms with E-state index >= 15 is 0 Å². The molecule has 0 radical (unpaired) electrons. The van der Waals surface area contributed by atoms with E-state index in [9.17, 15) is 0 Å². The Bertz CT molecular complexity index is 459. The number of halogens is 1. The first kappa shape index (κ1) is 15.7. The Labute approximate surface area is 130 Å². The number of piperidine rings is 1. The second-order valence-corrected chi connectivity index (χ2v) is 7.36. The smallest absolute Gasteiger partial charge is 0.217 e.